The summed E-state index contributed by atoms with van der Waals surface area (Å²) in [7, 11) is 0. The zero-order chi connectivity index (χ0) is 25.9. The lowest BCUT2D eigenvalue weighted by Gasteiger charge is -2.48. The SMILES string of the molecule is CCC[C@@H](O)COc1ccc(Cl)c(-c2nc(C(C(C)=N)=C(C)C)c(C)c(N3CC(C)(CO)C3)n2)c1. The molecule has 7 nitrogen and oxygen atoms in total. The Bertz CT molecular complexity index is 1120. The van der Waals surface area contributed by atoms with E-state index < -0.39 is 6.10 Å². The molecule has 0 spiro atoms. The Labute approximate surface area is 213 Å². The Kier molecular flexibility index (Phi) is 8.57. The lowest BCUT2D eigenvalue weighted by Crippen LogP contribution is -2.57. The largest absolute Gasteiger partial charge is 0.491 e. The first-order valence-electron chi connectivity index (χ1n) is 12.1. The van der Waals surface area contributed by atoms with E-state index in [1.807, 2.05) is 27.7 Å². The Morgan fingerprint density at radius 2 is 1.94 bits per heavy atom. The zero-order valence-electron chi connectivity index (χ0n) is 21.6. The third kappa shape index (κ3) is 6.02. The minimum Gasteiger partial charge on any atom is -0.491 e. The number of halogens is 1. The number of rotatable bonds is 10. The van der Waals surface area contributed by atoms with Gasteiger partial charge in [-0.25, -0.2) is 9.97 Å². The molecule has 1 saturated heterocycles. The van der Waals surface area contributed by atoms with E-state index in [-0.39, 0.29) is 18.6 Å². The lowest BCUT2D eigenvalue weighted by molar-refractivity contribution is 0.0994. The van der Waals surface area contributed by atoms with Crippen LogP contribution in [0.2, 0.25) is 5.02 Å². The molecule has 1 aromatic heterocycles. The van der Waals surface area contributed by atoms with Crippen molar-refractivity contribution < 1.29 is 14.9 Å². The van der Waals surface area contributed by atoms with E-state index in [0.29, 0.717) is 53.1 Å². The number of aliphatic hydroxyl groups excluding tert-OH is 2. The van der Waals surface area contributed by atoms with Crippen molar-refractivity contribution in [3.8, 4) is 17.1 Å². The van der Waals surface area contributed by atoms with Gasteiger partial charge in [-0.1, -0.05) is 37.4 Å². The van der Waals surface area contributed by atoms with Crippen molar-refractivity contribution in [2.24, 2.45) is 5.41 Å². The number of benzene rings is 1. The maximum absolute atomic E-state index is 10.1. The molecule has 0 bridgehead atoms. The second kappa shape index (κ2) is 11.1. The second-order valence-corrected chi connectivity index (χ2v) is 10.5. The molecule has 8 heteroatoms. The molecule has 1 aromatic carbocycles. The Hall–Kier alpha value is -2.48. The molecular weight excluding hydrogens is 464 g/mol. The highest BCUT2D eigenvalue weighted by molar-refractivity contribution is 6.33. The quantitative estimate of drug-likeness (QED) is 0.383. The van der Waals surface area contributed by atoms with Crippen LogP contribution in [0.15, 0.2) is 23.8 Å². The van der Waals surface area contributed by atoms with Crippen molar-refractivity contribution in [1.82, 2.24) is 9.97 Å². The van der Waals surface area contributed by atoms with Gasteiger partial charge >= 0.3 is 0 Å². The molecule has 0 amide bonds. The summed E-state index contributed by atoms with van der Waals surface area (Å²) < 4.78 is 5.82. The molecule has 2 aromatic rings. The van der Waals surface area contributed by atoms with Crippen molar-refractivity contribution in [3.63, 3.8) is 0 Å². The van der Waals surface area contributed by atoms with Crippen LogP contribution in [0.4, 0.5) is 5.82 Å². The Balaban J connectivity index is 2.11. The summed E-state index contributed by atoms with van der Waals surface area (Å²) in [5.74, 6) is 1.80. The molecule has 1 fully saturated rings. The fourth-order valence-electron chi connectivity index (χ4n) is 4.47. The normalized spacial score (nSPS) is 15.4. The molecule has 1 atom stereocenters. The summed E-state index contributed by atoms with van der Waals surface area (Å²) in [5, 5.41) is 28.7. The molecule has 35 heavy (non-hydrogen) atoms. The first-order chi connectivity index (χ1) is 16.5. The van der Waals surface area contributed by atoms with Crippen LogP contribution in [0.25, 0.3) is 17.0 Å². The van der Waals surface area contributed by atoms with Gasteiger partial charge in [0, 0.05) is 40.9 Å². The van der Waals surface area contributed by atoms with Crippen LogP contribution < -0.4 is 9.64 Å². The predicted molar refractivity (Wildman–Crippen MR) is 143 cm³/mol. The number of ether oxygens (including phenoxy) is 1. The monoisotopic (exact) mass is 500 g/mol. The number of hydrogen-bond donors (Lipinski definition) is 3. The highest BCUT2D eigenvalue weighted by Gasteiger charge is 2.40. The fraction of sp³-hybridized carbons (Fsp3) is 0.519. The summed E-state index contributed by atoms with van der Waals surface area (Å²) in [4.78, 5) is 11.9. The number of nitrogens with one attached hydrogen (secondary N) is 1. The third-order valence-corrected chi connectivity index (χ3v) is 6.63. The number of hydrogen-bond acceptors (Lipinski definition) is 7. The van der Waals surface area contributed by atoms with E-state index >= 15 is 0 Å². The molecule has 0 radical (unpaired) electrons. The number of aromatic nitrogens is 2. The first-order valence-corrected chi connectivity index (χ1v) is 12.5. The number of aliphatic hydroxyl groups is 2. The van der Waals surface area contributed by atoms with Gasteiger partial charge in [-0.2, -0.15) is 0 Å². The topological polar surface area (TPSA) is 103 Å². The van der Waals surface area contributed by atoms with Crippen LogP contribution in [-0.2, 0) is 0 Å². The number of nitrogens with zero attached hydrogens (tertiary/aromatic N) is 3. The highest BCUT2D eigenvalue weighted by Crippen LogP contribution is 2.39. The summed E-state index contributed by atoms with van der Waals surface area (Å²) in [6, 6.07) is 5.32. The summed E-state index contributed by atoms with van der Waals surface area (Å²) in [5.41, 5.74) is 4.26. The fourth-order valence-corrected chi connectivity index (χ4v) is 4.67. The van der Waals surface area contributed by atoms with Crippen LogP contribution in [0.5, 0.6) is 5.75 Å². The summed E-state index contributed by atoms with van der Waals surface area (Å²) in [6.07, 6.45) is 1.02. The van der Waals surface area contributed by atoms with Gasteiger partial charge in [-0.15, -0.1) is 0 Å². The van der Waals surface area contributed by atoms with Crippen LogP contribution in [0.1, 0.15) is 58.7 Å². The van der Waals surface area contributed by atoms with Crippen molar-refractivity contribution in [2.45, 2.75) is 60.5 Å². The Morgan fingerprint density at radius 3 is 2.51 bits per heavy atom. The molecule has 3 N–H and O–H groups in total. The van der Waals surface area contributed by atoms with Crippen LogP contribution >= 0.6 is 11.6 Å². The molecule has 2 heterocycles. The van der Waals surface area contributed by atoms with E-state index in [4.69, 9.17) is 31.7 Å². The highest BCUT2D eigenvalue weighted by atomic mass is 35.5. The lowest BCUT2D eigenvalue weighted by atomic mass is 9.82. The van der Waals surface area contributed by atoms with E-state index in [0.717, 1.165) is 28.9 Å². The van der Waals surface area contributed by atoms with Crippen LogP contribution in [0.3, 0.4) is 0 Å². The van der Waals surface area contributed by atoms with Crippen LogP contribution in [0, 0.1) is 17.7 Å². The van der Waals surface area contributed by atoms with Crippen molar-refractivity contribution in [3.05, 3.63) is 40.1 Å². The maximum atomic E-state index is 10.1. The van der Waals surface area contributed by atoms with Crippen molar-refractivity contribution in [1.29, 1.82) is 5.41 Å². The first kappa shape index (κ1) is 27.1. The van der Waals surface area contributed by atoms with Gasteiger partial charge < -0.3 is 25.3 Å². The van der Waals surface area contributed by atoms with Crippen molar-refractivity contribution >= 4 is 28.7 Å². The van der Waals surface area contributed by atoms with E-state index in [2.05, 4.69) is 11.8 Å². The van der Waals surface area contributed by atoms with Gasteiger partial charge in [0.1, 0.15) is 18.2 Å². The van der Waals surface area contributed by atoms with E-state index in [1.165, 1.54) is 0 Å². The molecule has 1 aliphatic rings. The average molecular weight is 501 g/mol. The molecule has 3 rings (SSSR count). The average Bonchev–Trinajstić information content (AvgIpc) is 2.77. The smallest absolute Gasteiger partial charge is 0.163 e. The number of allylic oxidation sites excluding steroid dienone is 2. The van der Waals surface area contributed by atoms with Gasteiger partial charge in [0.25, 0.3) is 0 Å². The minimum atomic E-state index is -0.531. The van der Waals surface area contributed by atoms with E-state index in [9.17, 15) is 10.2 Å². The van der Waals surface area contributed by atoms with E-state index in [1.54, 1.807) is 25.1 Å². The molecule has 190 valence electrons. The molecule has 0 aliphatic carbocycles. The van der Waals surface area contributed by atoms with Gasteiger partial charge in [-0.3, -0.25) is 0 Å². The van der Waals surface area contributed by atoms with Gasteiger partial charge in [0.05, 0.1) is 23.4 Å². The third-order valence-electron chi connectivity index (χ3n) is 6.30. The maximum Gasteiger partial charge on any atom is 0.163 e. The van der Waals surface area contributed by atoms with Gasteiger partial charge in [0.15, 0.2) is 5.82 Å². The minimum absolute atomic E-state index is 0.112. The van der Waals surface area contributed by atoms with Crippen LogP contribution in [-0.4, -0.2) is 58.3 Å². The van der Waals surface area contributed by atoms with Gasteiger partial charge in [-0.05, 0) is 52.3 Å². The Morgan fingerprint density at radius 1 is 1.26 bits per heavy atom. The standard InChI is InChI=1S/C27H37ClN4O3/c1-7-8-19(34)12-35-20-9-10-22(28)21(11-20)25-30-24(23(16(2)3)18(5)29)17(4)26(31-25)32-13-27(6,14-32)15-33/h9-11,19,29,33-34H,7-8,12-15H2,1-6H3/t19-/m1/s1. The van der Waals surface area contributed by atoms with Gasteiger partial charge in [0.2, 0.25) is 0 Å². The summed E-state index contributed by atoms with van der Waals surface area (Å²) in [6.45, 7) is 13.4. The number of anilines is 1. The molecule has 1 aliphatic heterocycles. The molecule has 0 saturated carbocycles. The summed E-state index contributed by atoms with van der Waals surface area (Å²) >= 11 is 6.60. The van der Waals surface area contributed by atoms with Crippen molar-refractivity contribution in [2.75, 3.05) is 31.2 Å². The zero-order valence-corrected chi connectivity index (χ0v) is 22.3. The second-order valence-electron chi connectivity index (χ2n) is 10.1. The predicted octanol–water partition coefficient (Wildman–Crippen LogP) is 5.30. The molecular formula is C27H37ClN4O3. The molecule has 0 unspecified atom stereocenters.